The van der Waals surface area contributed by atoms with Crippen LogP contribution in [0.2, 0.25) is 0 Å². The standard InChI is InChI=1S/C23H24N4O5S/c1-4-28-17-12-16(13-18(29-5-2)20(17)30-6-3)22-25-26-23(31-22)33-14-19-24-21(27-32-19)15-10-8-7-9-11-15/h7-13H,4-6,14H2,1-3H3. The molecule has 0 aliphatic rings. The molecular formula is C23H24N4O5S. The summed E-state index contributed by atoms with van der Waals surface area (Å²) >= 11 is 1.31. The number of hydrogen-bond acceptors (Lipinski definition) is 10. The summed E-state index contributed by atoms with van der Waals surface area (Å²) in [5.74, 6) is 3.44. The lowest BCUT2D eigenvalue weighted by molar-refractivity contribution is 0.261. The minimum Gasteiger partial charge on any atom is -0.490 e. The maximum atomic E-state index is 5.85. The van der Waals surface area contributed by atoms with E-state index in [0.29, 0.717) is 71.2 Å². The summed E-state index contributed by atoms with van der Waals surface area (Å²) in [6, 6.07) is 13.3. The third-order valence-electron chi connectivity index (χ3n) is 4.38. The zero-order valence-corrected chi connectivity index (χ0v) is 19.4. The topological polar surface area (TPSA) is 106 Å². The van der Waals surface area contributed by atoms with Crippen LogP contribution in [0.25, 0.3) is 22.8 Å². The van der Waals surface area contributed by atoms with Crippen molar-refractivity contribution in [3.05, 3.63) is 48.4 Å². The van der Waals surface area contributed by atoms with Gasteiger partial charge < -0.3 is 23.2 Å². The smallest absolute Gasteiger partial charge is 0.277 e. The Hall–Kier alpha value is -3.53. The highest BCUT2D eigenvalue weighted by Crippen LogP contribution is 2.42. The summed E-state index contributed by atoms with van der Waals surface area (Å²) in [4.78, 5) is 4.42. The quantitative estimate of drug-likeness (QED) is 0.270. The van der Waals surface area contributed by atoms with Crippen LogP contribution in [-0.2, 0) is 5.75 Å². The van der Waals surface area contributed by atoms with Gasteiger partial charge in [0.1, 0.15) is 0 Å². The van der Waals surface area contributed by atoms with E-state index in [0.717, 1.165) is 5.56 Å². The number of hydrogen-bond donors (Lipinski definition) is 0. The highest BCUT2D eigenvalue weighted by atomic mass is 32.2. The van der Waals surface area contributed by atoms with Gasteiger partial charge in [0.2, 0.25) is 23.4 Å². The molecule has 2 aromatic carbocycles. The molecule has 10 heteroatoms. The third kappa shape index (κ3) is 5.46. The van der Waals surface area contributed by atoms with Crippen molar-refractivity contribution in [2.45, 2.75) is 31.7 Å². The molecule has 4 rings (SSSR count). The van der Waals surface area contributed by atoms with Gasteiger partial charge in [0.25, 0.3) is 5.22 Å². The molecule has 0 saturated carbocycles. The molecule has 172 valence electrons. The SMILES string of the molecule is CCOc1cc(-c2nnc(SCc3nc(-c4ccccc4)no3)o2)cc(OCC)c1OCC. The number of nitrogens with zero attached hydrogens (tertiary/aromatic N) is 4. The van der Waals surface area contributed by atoms with E-state index < -0.39 is 0 Å². The van der Waals surface area contributed by atoms with E-state index in [1.54, 1.807) is 0 Å². The van der Waals surface area contributed by atoms with E-state index >= 15 is 0 Å². The van der Waals surface area contributed by atoms with Crippen molar-refractivity contribution in [3.63, 3.8) is 0 Å². The molecular weight excluding hydrogens is 444 g/mol. The summed E-state index contributed by atoms with van der Waals surface area (Å²) in [6.07, 6.45) is 0. The molecule has 0 aliphatic heterocycles. The van der Waals surface area contributed by atoms with E-state index in [9.17, 15) is 0 Å². The van der Waals surface area contributed by atoms with Crippen molar-refractivity contribution in [2.75, 3.05) is 19.8 Å². The molecule has 33 heavy (non-hydrogen) atoms. The van der Waals surface area contributed by atoms with Crippen molar-refractivity contribution in [2.24, 2.45) is 0 Å². The second-order valence-corrected chi connectivity index (χ2v) is 7.57. The zero-order chi connectivity index (χ0) is 23.0. The zero-order valence-electron chi connectivity index (χ0n) is 18.6. The van der Waals surface area contributed by atoms with Gasteiger partial charge in [-0.1, -0.05) is 47.3 Å². The lowest BCUT2D eigenvalue weighted by Gasteiger charge is -2.16. The molecule has 0 aliphatic carbocycles. The normalized spacial score (nSPS) is 10.9. The summed E-state index contributed by atoms with van der Waals surface area (Å²) in [5, 5.41) is 12.7. The van der Waals surface area contributed by atoms with Gasteiger partial charge in [0, 0.05) is 11.1 Å². The van der Waals surface area contributed by atoms with Gasteiger partial charge in [-0.15, -0.1) is 10.2 Å². The molecule has 0 N–H and O–H groups in total. The van der Waals surface area contributed by atoms with Crippen LogP contribution in [0.4, 0.5) is 0 Å². The Morgan fingerprint density at radius 2 is 1.55 bits per heavy atom. The molecule has 0 amide bonds. The van der Waals surface area contributed by atoms with Gasteiger partial charge in [-0.3, -0.25) is 0 Å². The van der Waals surface area contributed by atoms with Crippen molar-refractivity contribution in [1.29, 1.82) is 0 Å². The molecule has 0 bridgehead atoms. The Morgan fingerprint density at radius 3 is 2.21 bits per heavy atom. The molecule has 0 saturated heterocycles. The van der Waals surface area contributed by atoms with Gasteiger partial charge in [-0.2, -0.15) is 4.98 Å². The van der Waals surface area contributed by atoms with Crippen LogP contribution in [0.3, 0.4) is 0 Å². The van der Waals surface area contributed by atoms with Gasteiger partial charge in [0.15, 0.2) is 11.5 Å². The Labute approximate surface area is 195 Å². The van der Waals surface area contributed by atoms with E-state index in [2.05, 4.69) is 20.3 Å². The van der Waals surface area contributed by atoms with E-state index in [1.807, 2.05) is 63.2 Å². The van der Waals surface area contributed by atoms with Crippen molar-refractivity contribution >= 4 is 11.8 Å². The minimum absolute atomic E-state index is 0.345. The van der Waals surface area contributed by atoms with Gasteiger partial charge >= 0.3 is 0 Å². The lowest BCUT2D eigenvalue weighted by atomic mass is 10.2. The van der Waals surface area contributed by atoms with Crippen LogP contribution in [0.15, 0.2) is 56.6 Å². The fraction of sp³-hybridized carbons (Fsp3) is 0.304. The van der Waals surface area contributed by atoms with Crippen LogP contribution >= 0.6 is 11.8 Å². The highest BCUT2D eigenvalue weighted by Gasteiger charge is 2.19. The van der Waals surface area contributed by atoms with Crippen LogP contribution in [0.5, 0.6) is 17.2 Å². The summed E-state index contributed by atoms with van der Waals surface area (Å²) in [6.45, 7) is 7.18. The maximum Gasteiger partial charge on any atom is 0.277 e. The van der Waals surface area contributed by atoms with Gasteiger partial charge in [0.05, 0.1) is 25.6 Å². The average molecular weight is 469 g/mol. The first-order valence-electron chi connectivity index (χ1n) is 10.6. The van der Waals surface area contributed by atoms with E-state index in [-0.39, 0.29) is 0 Å². The number of ether oxygens (including phenoxy) is 3. The van der Waals surface area contributed by atoms with Crippen LogP contribution in [0, 0.1) is 0 Å². The first kappa shape index (κ1) is 22.7. The first-order valence-corrected chi connectivity index (χ1v) is 11.6. The average Bonchev–Trinajstić information content (AvgIpc) is 3.50. The first-order chi connectivity index (χ1) is 16.2. The van der Waals surface area contributed by atoms with Crippen molar-refractivity contribution in [3.8, 4) is 40.1 Å². The molecule has 2 aromatic heterocycles. The summed E-state index contributed by atoms with van der Waals surface area (Å²) < 4.78 is 28.5. The highest BCUT2D eigenvalue weighted by molar-refractivity contribution is 7.98. The predicted octanol–water partition coefficient (Wildman–Crippen LogP) is 5.28. The van der Waals surface area contributed by atoms with Gasteiger partial charge in [-0.25, -0.2) is 0 Å². The molecule has 0 radical (unpaired) electrons. The summed E-state index contributed by atoms with van der Waals surface area (Å²) in [5.41, 5.74) is 1.57. The Bertz CT molecular complexity index is 1150. The molecule has 9 nitrogen and oxygen atoms in total. The Morgan fingerprint density at radius 1 is 0.848 bits per heavy atom. The van der Waals surface area contributed by atoms with Gasteiger partial charge in [-0.05, 0) is 32.9 Å². The minimum atomic E-state index is 0.345. The largest absolute Gasteiger partial charge is 0.490 e. The van der Waals surface area contributed by atoms with Crippen molar-refractivity contribution < 1.29 is 23.2 Å². The molecule has 0 spiro atoms. The monoisotopic (exact) mass is 468 g/mol. The maximum absolute atomic E-state index is 5.85. The lowest BCUT2D eigenvalue weighted by Crippen LogP contribution is -2.03. The number of aromatic nitrogens is 4. The van der Waals surface area contributed by atoms with Crippen LogP contribution < -0.4 is 14.2 Å². The van der Waals surface area contributed by atoms with Crippen LogP contribution in [-0.4, -0.2) is 40.2 Å². The summed E-state index contributed by atoms with van der Waals surface area (Å²) in [7, 11) is 0. The number of benzene rings is 2. The number of rotatable bonds is 11. The molecule has 2 heterocycles. The Kier molecular flexibility index (Phi) is 7.46. The molecule has 4 aromatic rings. The fourth-order valence-electron chi connectivity index (χ4n) is 3.04. The van der Waals surface area contributed by atoms with Crippen LogP contribution in [0.1, 0.15) is 26.7 Å². The predicted molar refractivity (Wildman–Crippen MR) is 123 cm³/mol. The third-order valence-corrected chi connectivity index (χ3v) is 5.18. The second kappa shape index (κ2) is 10.9. The second-order valence-electron chi connectivity index (χ2n) is 6.64. The fourth-order valence-corrected chi connectivity index (χ4v) is 3.64. The Balaban J connectivity index is 1.50. The number of thioether (sulfide) groups is 1. The molecule has 0 unspecified atom stereocenters. The van der Waals surface area contributed by atoms with E-state index in [1.165, 1.54) is 11.8 Å². The molecule has 0 fully saturated rings. The van der Waals surface area contributed by atoms with E-state index in [4.69, 9.17) is 23.2 Å². The molecule has 0 atom stereocenters. The van der Waals surface area contributed by atoms with Crippen molar-refractivity contribution in [1.82, 2.24) is 20.3 Å².